The lowest BCUT2D eigenvalue weighted by molar-refractivity contribution is 0.317. The monoisotopic (exact) mass is 460 g/mol. The summed E-state index contributed by atoms with van der Waals surface area (Å²) in [6.45, 7) is 0. The van der Waals surface area contributed by atoms with Crippen LogP contribution in [0.1, 0.15) is 52.6 Å². The van der Waals surface area contributed by atoms with Crippen LogP contribution in [-0.2, 0) is 24.7 Å². The standard InChI is InChI=1S/C36H28/c1-2-10-24-20-33-28(17-23(24)9-1)19-29-18-25-11-3-6-14-30(25)36-31-15-7-4-12-26(31)21-35(33,34(29)36)22-27-13-5-8-16-32(27)36/h2-16,20H,1,17-19,21-22H2. The second-order valence-electron chi connectivity index (χ2n) is 11.7. The summed E-state index contributed by atoms with van der Waals surface area (Å²) in [5.41, 5.74) is 18.8. The molecule has 0 atom stereocenters. The third kappa shape index (κ3) is 2.15. The number of benzene rings is 3. The van der Waals surface area contributed by atoms with Crippen LogP contribution in [0.2, 0.25) is 0 Å². The van der Waals surface area contributed by atoms with Gasteiger partial charge < -0.3 is 0 Å². The average Bonchev–Trinajstić information content (AvgIpc) is 2.92. The first-order valence-corrected chi connectivity index (χ1v) is 13.6. The molecule has 0 saturated carbocycles. The highest BCUT2D eigenvalue weighted by Gasteiger charge is 2.62. The van der Waals surface area contributed by atoms with Crippen LogP contribution in [0.5, 0.6) is 0 Å². The van der Waals surface area contributed by atoms with Crippen LogP contribution in [0, 0.1) is 5.41 Å². The minimum Gasteiger partial charge on any atom is -0.0801 e. The van der Waals surface area contributed by atoms with Crippen molar-refractivity contribution in [2.75, 3.05) is 0 Å². The molecule has 0 aliphatic heterocycles. The van der Waals surface area contributed by atoms with Crippen molar-refractivity contribution >= 4 is 0 Å². The summed E-state index contributed by atoms with van der Waals surface area (Å²) >= 11 is 0. The Labute approximate surface area is 213 Å². The Hall–Kier alpha value is -3.64. The van der Waals surface area contributed by atoms with E-state index in [1.54, 1.807) is 39.0 Å². The largest absolute Gasteiger partial charge is 0.0801 e. The second kappa shape index (κ2) is 6.56. The summed E-state index contributed by atoms with van der Waals surface area (Å²) in [4.78, 5) is 0. The fourth-order valence-corrected chi connectivity index (χ4v) is 9.03. The Bertz CT molecular complexity index is 1630. The van der Waals surface area contributed by atoms with Crippen molar-refractivity contribution in [2.24, 2.45) is 5.41 Å². The number of fused-ring (bicyclic) bond motifs is 4. The maximum Gasteiger partial charge on any atom is 0.0681 e. The van der Waals surface area contributed by atoms with Crippen molar-refractivity contribution in [3.8, 4) is 0 Å². The maximum absolute atomic E-state index is 2.61. The van der Waals surface area contributed by atoms with Gasteiger partial charge in [0.2, 0.25) is 0 Å². The van der Waals surface area contributed by atoms with Crippen LogP contribution >= 0.6 is 0 Å². The van der Waals surface area contributed by atoms with E-state index in [4.69, 9.17) is 0 Å². The van der Waals surface area contributed by atoms with Gasteiger partial charge in [0, 0.05) is 5.41 Å². The van der Waals surface area contributed by atoms with E-state index in [1.165, 1.54) is 27.8 Å². The Morgan fingerprint density at radius 1 is 0.611 bits per heavy atom. The van der Waals surface area contributed by atoms with Crippen molar-refractivity contribution in [1.29, 1.82) is 0 Å². The van der Waals surface area contributed by atoms with Crippen LogP contribution in [0.4, 0.5) is 0 Å². The molecule has 0 aromatic heterocycles. The molecule has 0 radical (unpaired) electrons. The first kappa shape index (κ1) is 19.5. The van der Waals surface area contributed by atoms with Crippen LogP contribution in [0.25, 0.3) is 0 Å². The van der Waals surface area contributed by atoms with Gasteiger partial charge in [-0.3, -0.25) is 0 Å². The summed E-state index contributed by atoms with van der Waals surface area (Å²) < 4.78 is 0. The summed E-state index contributed by atoms with van der Waals surface area (Å²) in [5.74, 6) is 0. The molecule has 0 nitrogen and oxygen atoms in total. The Balaban J connectivity index is 1.46. The van der Waals surface area contributed by atoms with Crippen LogP contribution in [0.15, 0.2) is 131 Å². The zero-order chi connectivity index (χ0) is 23.5. The van der Waals surface area contributed by atoms with Crippen molar-refractivity contribution in [3.05, 3.63) is 164 Å². The molecule has 0 amide bonds. The fraction of sp³-hybridized carbons (Fsp3) is 0.222. The normalized spacial score (nSPS) is 28.1. The highest BCUT2D eigenvalue weighted by atomic mass is 14.6. The van der Waals surface area contributed by atoms with E-state index in [2.05, 4.69) is 97.1 Å². The van der Waals surface area contributed by atoms with Gasteiger partial charge in [0.15, 0.2) is 0 Å². The minimum atomic E-state index is -0.177. The third-order valence-electron chi connectivity index (χ3n) is 10.1. The highest BCUT2D eigenvalue weighted by molar-refractivity contribution is 5.77. The minimum absolute atomic E-state index is 0.0446. The van der Waals surface area contributed by atoms with E-state index in [-0.39, 0.29) is 10.8 Å². The molecule has 0 saturated heterocycles. The van der Waals surface area contributed by atoms with Gasteiger partial charge >= 0.3 is 0 Å². The molecule has 6 aliphatic rings. The van der Waals surface area contributed by atoms with E-state index in [1.807, 2.05) is 0 Å². The zero-order valence-electron chi connectivity index (χ0n) is 20.5. The Morgan fingerprint density at radius 3 is 1.97 bits per heavy atom. The molecule has 0 heterocycles. The molecule has 3 aromatic rings. The molecule has 3 aromatic carbocycles. The topological polar surface area (TPSA) is 0 Å². The molecule has 0 spiro atoms. The molecule has 0 N–H and O–H groups in total. The lowest BCUT2D eigenvalue weighted by Crippen LogP contribution is -2.55. The van der Waals surface area contributed by atoms with Gasteiger partial charge in [-0.05, 0) is 94.2 Å². The first-order chi connectivity index (χ1) is 17.8. The average molecular weight is 461 g/mol. The molecule has 0 fully saturated rings. The van der Waals surface area contributed by atoms with E-state index >= 15 is 0 Å². The summed E-state index contributed by atoms with van der Waals surface area (Å²) in [7, 11) is 0. The van der Waals surface area contributed by atoms with Crippen molar-refractivity contribution in [3.63, 3.8) is 0 Å². The van der Waals surface area contributed by atoms with Gasteiger partial charge in [-0.2, -0.15) is 0 Å². The molecule has 2 bridgehead atoms. The van der Waals surface area contributed by atoms with E-state index < -0.39 is 0 Å². The summed E-state index contributed by atoms with van der Waals surface area (Å²) in [5, 5.41) is 0. The fourth-order valence-electron chi connectivity index (χ4n) is 9.03. The molecule has 9 rings (SSSR count). The molecule has 36 heavy (non-hydrogen) atoms. The molecular weight excluding hydrogens is 432 g/mol. The Morgan fingerprint density at radius 2 is 1.25 bits per heavy atom. The van der Waals surface area contributed by atoms with Crippen LogP contribution in [0.3, 0.4) is 0 Å². The third-order valence-corrected chi connectivity index (χ3v) is 10.1. The molecular formula is C36H28. The van der Waals surface area contributed by atoms with Gasteiger partial charge in [-0.25, -0.2) is 0 Å². The van der Waals surface area contributed by atoms with Crippen LogP contribution < -0.4 is 0 Å². The predicted molar refractivity (Wildman–Crippen MR) is 146 cm³/mol. The highest BCUT2D eigenvalue weighted by Crippen LogP contribution is 2.69. The molecule has 0 unspecified atom stereocenters. The second-order valence-corrected chi connectivity index (χ2v) is 11.7. The number of allylic oxidation sites excluding steroid dienone is 10. The van der Waals surface area contributed by atoms with E-state index in [0.29, 0.717) is 0 Å². The number of hydrogen-bond acceptors (Lipinski definition) is 0. The van der Waals surface area contributed by atoms with Crippen LogP contribution in [-0.4, -0.2) is 0 Å². The molecule has 6 aliphatic carbocycles. The SMILES string of the molecule is C1=CC2=CC3=C(CC2=CC1)CC1=C2C34Cc3ccccc3C2(c2ccccc2C1)c1ccccc1C4. The van der Waals surface area contributed by atoms with Gasteiger partial charge in [0.05, 0.1) is 5.41 Å². The Kier molecular flexibility index (Phi) is 3.56. The predicted octanol–water partition coefficient (Wildman–Crippen LogP) is 7.89. The van der Waals surface area contributed by atoms with Crippen molar-refractivity contribution in [1.82, 2.24) is 0 Å². The quantitative estimate of drug-likeness (QED) is 0.299. The summed E-state index contributed by atoms with van der Waals surface area (Å²) in [6.07, 6.45) is 16.5. The lowest BCUT2D eigenvalue weighted by atomic mass is 9.40. The van der Waals surface area contributed by atoms with Gasteiger partial charge in [0.1, 0.15) is 0 Å². The lowest BCUT2D eigenvalue weighted by Gasteiger charge is -2.62. The van der Waals surface area contributed by atoms with E-state index in [0.717, 1.165) is 38.5 Å². The summed E-state index contributed by atoms with van der Waals surface area (Å²) in [6, 6.07) is 28.2. The number of hydrogen-bond donors (Lipinski definition) is 0. The van der Waals surface area contributed by atoms with Crippen molar-refractivity contribution in [2.45, 2.75) is 43.9 Å². The molecule has 172 valence electrons. The van der Waals surface area contributed by atoms with Gasteiger partial charge in [0.25, 0.3) is 0 Å². The van der Waals surface area contributed by atoms with Gasteiger partial charge in [-0.15, -0.1) is 0 Å². The molecule has 0 heteroatoms. The van der Waals surface area contributed by atoms with Gasteiger partial charge in [-0.1, -0.05) is 108 Å². The maximum atomic E-state index is 2.61. The van der Waals surface area contributed by atoms with Crippen molar-refractivity contribution < 1.29 is 0 Å². The zero-order valence-corrected chi connectivity index (χ0v) is 20.5. The smallest absolute Gasteiger partial charge is 0.0681 e. The first-order valence-electron chi connectivity index (χ1n) is 13.6. The van der Waals surface area contributed by atoms with E-state index in [9.17, 15) is 0 Å². The number of rotatable bonds is 0.